The molecule has 22 heavy (non-hydrogen) atoms. The zero-order valence-corrected chi connectivity index (χ0v) is 11.9. The fraction of sp³-hybridized carbons (Fsp3) is 0.357. The molecule has 0 unspecified atom stereocenters. The van der Waals surface area contributed by atoms with Gasteiger partial charge in [0.2, 0.25) is 0 Å². The number of hydrogen-bond acceptors (Lipinski definition) is 7. The molecule has 2 heterocycles. The number of para-hydroxylation sites is 1. The Labute approximate surface area is 126 Å². The Morgan fingerprint density at radius 3 is 2.64 bits per heavy atom. The predicted octanol–water partition coefficient (Wildman–Crippen LogP) is 0.543. The molecular weight excluding hydrogens is 288 g/mol. The molecule has 0 N–H and O–H groups in total. The van der Waals surface area contributed by atoms with E-state index in [2.05, 4.69) is 10.3 Å². The molecule has 2 atom stereocenters. The van der Waals surface area contributed by atoms with Gasteiger partial charge in [-0.3, -0.25) is 19.4 Å². The van der Waals surface area contributed by atoms with Gasteiger partial charge in [-0.25, -0.2) is 4.90 Å². The smallest absolute Gasteiger partial charge is 0.327 e. The third-order valence-electron chi connectivity index (χ3n) is 3.47. The summed E-state index contributed by atoms with van der Waals surface area (Å²) >= 11 is 0. The van der Waals surface area contributed by atoms with Gasteiger partial charge >= 0.3 is 5.97 Å². The van der Waals surface area contributed by atoms with Gasteiger partial charge in [0, 0.05) is 0 Å². The lowest BCUT2D eigenvalue weighted by molar-refractivity contribution is -0.145. The lowest BCUT2D eigenvalue weighted by Gasteiger charge is -2.19. The van der Waals surface area contributed by atoms with Crippen LogP contribution in [0.1, 0.15) is 6.92 Å². The number of amides is 2. The molecule has 0 radical (unpaired) electrons. The zero-order chi connectivity index (χ0) is 15.7. The quantitative estimate of drug-likeness (QED) is 0.598. The Bertz CT molecular complexity index is 646. The molecule has 2 aliphatic rings. The second kappa shape index (κ2) is 5.55. The number of rotatable bonds is 4. The highest BCUT2D eigenvalue weighted by molar-refractivity contribution is 6.25. The minimum Gasteiger partial charge on any atom is -0.465 e. The summed E-state index contributed by atoms with van der Waals surface area (Å²) in [7, 11) is 0. The molecule has 1 saturated heterocycles. The van der Waals surface area contributed by atoms with Gasteiger partial charge in [0.15, 0.2) is 12.1 Å². The van der Waals surface area contributed by atoms with Crippen molar-refractivity contribution in [2.75, 3.05) is 18.1 Å². The Hall–Kier alpha value is -2.77. The van der Waals surface area contributed by atoms with E-state index in [4.69, 9.17) is 4.74 Å². The van der Waals surface area contributed by atoms with E-state index in [0.29, 0.717) is 5.69 Å². The lowest BCUT2D eigenvalue weighted by Crippen LogP contribution is -2.42. The Balaban J connectivity index is 1.82. The maximum Gasteiger partial charge on any atom is 0.327 e. The van der Waals surface area contributed by atoms with E-state index in [0.717, 1.165) is 4.90 Å². The standard InChI is InChI=1S/C14H14N4O4/c1-2-22-10(19)8-17-12-11(15-16-17)13(20)18(14(12)21)9-6-4-3-5-7-9/h3-7,11-12H,2,8H2,1H3/t11-,12+/m1/s1. The number of hydrogen-bond donors (Lipinski definition) is 0. The Morgan fingerprint density at radius 2 is 1.95 bits per heavy atom. The molecule has 0 spiro atoms. The van der Waals surface area contributed by atoms with Crippen LogP contribution >= 0.6 is 0 Å². The summed E-state index contributed by atoms with van der Waals surface area (Å²) in [4.78, 5) is 37.5. The summed E-state index contributed by atoms with van der Waals surface area (Å²) in [5.74, 6) is -1.38. The highest BCUT2D eigenvalue weighted by Crippen LogP contribution is 2.31. The average Bonchev–Trinajstić information content (AvgIpc) is 3.02. The number of fused-ring (bicyclic) bond motifs is 1. The Kier molecular flexibility index (Phi) is 3.58. The summed E-state index contributed by atoms with van der Waals surface area (Å²) in [5.41, 5.74) is 0.484. The number of imide groups is 1. The highest BCUT2D eigenvalue weighted by Gasteiger charge is 2.55. The van der Waals surface area contributed by atoms with Crippen LogP contribution in [0.2, 0.25) is 0 Å². The molecule has 2 amide bonds. The van der Waals surface area contributed by atoms with E-state index in [-0.39, 0.29) is 13.2 Å². The molecule has 0 saturated carbocycles. The molecule has 8 heteroatoms. The lowest BCUT2D eigenvalue weighted by atomic mass is 10.2. The van der Waals surface area contributed by atoms with E-state index in [1.54, 1.807) is 37.3 Å². The second-order valence-electron chi connectivity index (χ2n) is 4.84. The van der Waals surface area contributed by atoms with E-state index < -0.39 is 29.9 Å². The number of benzene rings is 1. The summed E-state index contributed by atoms with van der Waals surface area (Å²) in [6.07, 6.45) is 0. The predicted molar refractivity (Wildman–Crippen MR) is 74.7 cm³/mol. The van der Waals surface area contributed by atoms with Crippen LogP contribution in [0.15, 0.2) is 40.7 Å². The minimum absolute atomic E-state index is 0.208. The van der Waals surface area contributed by atoms with Crippen LogP contribution < -0.4 is 4.90 Å². The number of nitrogens with zero attached hydrogens (tertiary/aromatic N) is 4. The molecule has 2 aliphatic heterocycles. The first-order valence-electron chi connectivity index (χ1n) is 6.89. The second-order valence-corrected chi connectivity index (χ2v) is 4.84. The number of anilines is 1. The van der Waals surface area contributed by atoms with E-state index >= 15 is 0 Å². The van der Waals surface area contributed by atoms with Crippen molar-refractivity contribution in [3.05, 3.63) is 30.3 Å². The van der Waals surface area contributed by atoms with Gasteiger partial charge in [0.25, 0.3) is 11.8 Å². The molecule has 1 fully saturated rings. The first kappa shape index (κ1) is 14.2. The van der Waals surface area contributed by atoms with Crippen molar-refractivity contribution in [2.45, 2.75) is 19.0 Å². The largest absolute Gasteiger partial charge is 0.465 e. The first-order chi connectivity index (χ1) is 10.6. The molecule has 1 aromatic rings. The topological polar surface area (TPSA) is 91.6 Å². The number of ether oxygens (including phenoxy) is 1. The molecule has 0 aromatic heterocycles. The van der Waals surface area contributed by atoms with Gasteiger partial charge in [-0.1, -0.05) is 23.4 Å². The maximum atomic E-state index is 12.5. The zero-order valence-electron chi connectivity index (χ0n) is 11.9. The van der Waals surface area contributed by atoms with Crippen LogP contribution in [0.3, 0.4) is 0 Å². The van der Waals surface area contributed by atoms with Crippen molar-refractivity contribution >= 4 is 23.5 Å². The summed E-state index contributed by atoms with van der Waals surface area (Å²) < 4.78 is 4.83. The fourth-order valence-corrected chi connectivity index (χ4v) is 2.52. The highest BCUT2D eigenvalue weighted by atomic mass is 16.5. The molecule has 3 rings (SSSR count). The molecule has 114 valence electrons. The van der Waals surface area contributed by atoms with E-state index in [9.17, 15) is 14.4 Å². The fourth-order valence-electron chi connectivity index (χ4n) is 2.52. The maximum absolute atomic E-state index is 12.5. The van der Waals surface area contributed by atoms with Crippen molar-refractivity contribution < 1.29 is 19.1 Å². The monoisotopic (exact) mass is 302 g/mol. The van der Waals surface area contributed by atoms with Crippen LogP contribution in [-0.4, -0.2) is 48.0 Å². The van der Waals surface area contributed by atoms with Crippen LogP contribution in [0.5, 0.6) is 0 Å². The van der Waals surface area contributed by atoms with Gasteiger partial charge in [0.05, 0.1) is 12.3 Å². The van der Waals surface area contributed by atoms with E-state index in [1.807, 2.05) is 0 Å². The van der Waals surface area contributed by atoms with Crippen LogP contribution in [-0.2, 0) is 19.1 Å². The van der Waals surface area contributed by atoms with Crippen molar-refractivity contribution in [1.82, 2.24) is 5.01 Å². The Morgan fingerprint density at radius 1 is 1.23 bits per heavy atom. The van der Waals surface area contributed by atoms with Gasteiger partial charge < -0.3 is 4.74 Å². The van der Waals surface area contributed by atoms with Gasteiger partial charge in [-0.05, 0) is 19.1 Å². The third-order valence-corrected chi connectivity index (χ3v) is 3.47. The SMILES string of the molecule is CCOC(=O)CN1N=N[C@H]2C(=O)N(c3ccccc3)C(=O)[C@H]21. The molecular formula is C14H14N4O4. The van der Waals surface area contributed by atoms with E-state index in [1.165, 1.54) is 5.01 Å². The van der Waals surface area contributed by atoms with Crippen molar-refractivity contribution in [2.24, 2.45) is 10.3 Å². The van der Waals surface area contributed by atoms with Gasteiger partial charge in [0.1, 0.15) is 6.54 Å². The normalized spacial score (nSPS) is 23.1. The summed E-state index contributed by atoms with van der Waals surface area (Å²) in [5, 5.41) is 8.81. The summed E-state index contributed by atoms with van der Waals surface area (Å²) in [6, 6.07) is 6.83. The van der Waals surface area contributed by atoms with Gasteiger partial charge in [-0.15, -0.1) is 0 Å². The molecule has 0 bridgehead atoms. The van der Waals surface area contributed by atoms with Crippen LogP contribution in [0, 0.1) is 0 Å². The molecule has 0 aliphatic carbocycles. The minimum atomic E-state index is -0.901. The third kappa shape index (κ3) is 2.22. The molecule has 8 nitrogen and oxygen atoms in total. The molecule has 1 aromatic carbocycles. The first-order valence-corrected chi connectivity index (χ1v) is 6.89. The van der Waals surface area contributed by atoms with Crippen molar-refractivity contribution in [3.63, 3.8) is 0 Å². The van der Waals surface area contributed by atoms with Gasteiger partial charge in [-0.2, -0.15) is 5.11 Å². The summed E-state index contributed by atoms with van der Waals surface area (Å²) in [6.45, 7) is 1.72. The van der Waals surface area contributed by atoms with Crippen molar-refractivity contribution in [1.29, 1.82) is 0 Å². The van der Waals surface area contributed by atoms with Crippen LogP contribution in [0.4, 0.5) is 5.69 Å². The average molecular weight is 302 g/mol. The van der Waals surface area contributed by atoms with Crippen molar-refractivity contribution in [3.8, 4) is 0 Å². The number of esters is 1. The number of carbonyl (C=O) groups excluding carboxylic acids is 3. The van der Waals surface area contributed by atoms with Crippen LogP contribution in [0.25, 0.3) is 0 Å². The number of carbonyl (C=O) groups is 3.